The van der Waals surface area contributed by atoms with Crippen LogP contribution < -0.4 is 5.32 Å². The first-order valence-corrected chi connectivity index (χ1v) is 17.2. The molecule has 3 aliphatic heterocycles. The van der Waals surface area contributed by atoms with Crippen LogP contribution in [0.2, 0.25) is 5.15 Å². The number of allylic oxidation sites excluding steroid dienone is 4. The molecule has 1 amide bonds. The summed E-state index contributed by atoms with van der Waals surface area (Å²) in [5.41, 5.74) is 0.302. The van der Waals surface area contributed by atoms with Crippen molar-refractivity contribution in [3.63, 3.8) is 0 Å². The standard InChI is InChI=1S/C39H38Cl2FN3O3/c1-5-26(40)22-28-23(2)39(36(47)44-28)29(27-16-21-43-34(41)30(27)42)32-35(46)48-33(25-14-10-7-11-15-25)31(24-12-8-6-9-13-24)45(32)38(39)19-17-37(3,4)18-20-38/h5-16,21-22,29,31-33H,2,17-20H2,1,3-4H3,(H,44,47)/b26-5+,28-22+/t29-,31+,32+,33-,39-/m0/s1. The van der Waals surface area contributed by atoms with Crippen LogP contribution in [0.5, 0.6) is 0 Å². The molecule has 248 valence electrons. The van der Waals surface area contributed by atoms with E-state index in [-0.39, 0.29) is 22.0 Å². The number of carbonyl (C=O) groups excluding carboxylic acids is 2. The molecule has 1 aliphatic carbocycles. The lowest BCUT2D eigenvalue weighted by molar-refractivity contribution is -0.184. The lowest BCUT2D eigenvalue weighted by Gasteiger charge is -2.57. The Balaban J connectivity index is 1.59. The van der Waals surface area contributed by atoms with E-state index in [1.807, 2.05) is 60.7 Å². The van der Waals surface area contributed by atoms with Gasteiger partial charge in [-0.1, -0.05) is 110 Å². The maximum absolute atomic E-state index is 16.5. The first-order valence-electron chi connectivity index (χ1n) is 16.4. The number of fused-ring (bicyclic) bond motifs is 3. The highest BCUT2D eigenvalue weighted by Gasteiger charge is 2.79. The van der Waals surface area contributed by atoms with Gasteiger partial charge in [0, 0.05) is 28.4 Å². The molecular weight excluding hydrogens is 648 g/mol. The highest BCUT2D eigenvalue weighted by molar-refractivity contribution is 6.31. The predicted octanol–water partition coefficient (Wildman–Crippen LogP) is 8.72. The number of pyridine rings is 1. The van der Waals surface area contributed by atoms with Crippen LogP contribution in [0.3, 0.4) is 0 Å². The number of esters is 1. The van der Waals surface area contributed by atoms with Crippen molar-refractivity contribution in [3.05, 3.63) is 136 Å². The molecule has 0 bridgehead atoms. The van der Waals surface area contributed by atoms with Gasteiger partial charge in [-0.05, 0) is 72.4 Å². The number of nitrogens with zero attached hydrogens (tertiary/aromatic N) is 2. The third-order valence-electron chi connectivity index (χ3n) is 11.3. The van der Waals surface area contributed by atoms with Crippen LogP contribution in [0, 0.1) is 16.6 Å². The zero-order valence-electron chi connectivity index (χ0n) is 27.2. The number of aromatic nitrogens is 1. The van der Waals surface area contributed by atoms with Gasteiger partial charge >= 0.3 is 5.97 Å². The third kappa shape index (κ3) is 4.72. The summed E-state index contributed by atoms with van der Waals surface area (Å²) in [5.74, 6) is -2.69. The first-order chi connectivity index (χ1) is 23.0. The zero-order chi connectivity index (χ0) is 34.0. The molecule has 3 saturated heterocycles. The van der Waals surface area contributed by atoms with Gasteiger partial charge in [-0.2, -0.15) is 0 Å². The maximum Gasteiger partial charge on any atom is 0.324 e. The van der Waals surface area contributed by atoms with E-state index in [0.717, 1.165) is 24.0 Å². The highest BCUT2D eigenvalue weighted by atomic mass is 35.5. The van der Waals surface area contributed by atoms with Crippen molar-refractivity contribution >= 4 is 35.1 Å². The second-order valence-electron chi connectivity index (χ2n) is 14.1. The molecule has 9 heteroatoms. The summed E-state index contributed by atoms with van der Waals surface area (Å²) in [6, 6.07) is 19.6. The fourth-order valence-corrected chi connectivity index (χ4v) is 9.28. The lowest BCUT2D eigenvalue weighted by Crippen LogP contribution is -2.63. The van der Waals surface area contributed by atoms with E-state index < -0.39 is 46.8 Å². The number of rotatable bonds is 4. The van der Waals surface area contributed by atoms with Gasteiger partial charge in [-0.15, -0.1) is 0 Å². The van der Waals surface area contributed by atoms with Crippen molar-refractivity contribution in [1.82, 2.24) is 15.2 Å². The highest BCUT2D eigenvalue weighted by Crippen LogP contribution is 2.72. The summed E-state index contributed by atoms with van der Waals surface area (Å²) in [6.45, 7) is 10.9. The number of amides is 1. The Morgan fingerprint density at radius 3 is 2.25 bits per heavy atom. The largest absolute Gasteiger partial charge is 0.454 e. The van der Waals surface area contributed by atoms with Crippen molar-refractivity contribution in [2.45, 2.75) is 76.1 Å². The number of ether oxygens (including phenoxy) is 1. The predicted molar refractivity (Wildman–Crippen MR) is 184 cm³/mol. The molecule has 0 radical (unpaired) electrons. The molecule has 7 rings (SSSR count). The summed E-state index contributed by atoms with van der Waals surface area (Å²) in [6.07, 6.45) is 6.79. The number of carbonyl (C=O) groups is 2. The van der Waals surface area contributed by atoms with E-state index in [1.165, 1.54) is 12.3 Å². The molecule has 6 nitrogen and oxygen atoms in total. The minimum atomic E-state index is -1.49. The lowest BCUT2D eigenvalue weighted by atomic mass is 9.53. The Morgan fingerprint density at radius 2 is 1.62 bits per heavy atom. The van der Waals surface area contributed by atoms with Crippen molar-refractivity contribution in [1.29, 1.82) is 0 Å². The van der Waals surface area contributed by atoms with Crippen LogP contribution in [0.1, 0.15) is 81.2 Å². The number of nitrogens with one attached hydrogen (secondary N) is 1. The van der Waals surface area contributed by atoms with Crippen molar-refractivity contribution < 1.29 is 18.7 Å². The van der Waals surface area contributed by atoms with Gasteiger partial charge in [0.15, 0.2) is 11.0 Å². The Bertz CT molecular complexity index is 1850. The molecule has 4 fully saturated rings. The Morgan fingerprint density at radius 1 is 1.00 bits per heavy atom. The van der Waals surface area contributed by atoms with Crippen LogP contribution in [0.4, 0.5) is 4.39 Å². The second kappa shape index (κ2) is 12.0. The Kier molecular flexibility index (Phi) is 8.17. The van der Waals surface area contributed by atoms with Crippen LogP contribution in [-0.4, -0.2) is 33.3 Å². The van der Waals surface area contributed by atoms with Gasteiger partial charge in [0.25, 0.3) is 0 Å². The molecule has 4 aliphatic rings. The quantitative estimate of drug-likeness (QED) is 0.220. The summed E-state index contributed by atoms with van der Waals surface area (Å²) in [5, 5.41) is 3.18. The number of halogens is 3. The van der Waals surface area contributed by atoms with Gasteiger partial charge in [-0.25, -0.2) is 9.37 Å². The molecule has 1 aromatic heterocycles. The van der Waals surface area contributed by atoms with Crippen LogP contribution >= 0.6 is 23.2 Å². The van der Waals surface area contributed by atoms with Gasteiger partial charge in [-0.3, -0.25) is 14.5 Å². The monoisotopic (exact) mass is 685 g/mol. The minimum Gasteiger partial charge on any atom is -0.454 e. The molecule has 3 aromatic rings. The molecule has 1 N–H and O–H groups in total. The number of morpholine rings is 1. The molecule has 4 heterocycles. The van der Waals surface area contributed by atoms with E-state index in [4.69, 9.17) is 27.9 Å². The topological polar surface area (TPSA) is 71.5 Å². The SMILES string of the molecule is C=C1/C(=C\C(Cl)=C/C)NC(=O)[C@@]12[C@@H](c1ccnc(Cl)c1F)[C@@H]1C(=O)O[C@@H](c3ccccc3)[C@@H](c3ccccc3)N1C21CCC(C)(C)CC1. The van der Waals surface area contributed by atoms with Crippen molar-refractivity contribution in [2.75, 3.05) is 0 Å². The van der Waals surface area contributed by atoms with Crippen molar-refractivity contribution in [3.8, 4) is 0 Å². The fraction of sp³-hybridized carbons (Fsp3) is 0.359. The summed E-state index contributed by atoms with van der Waals surface area (Å²) < 4.78 is 22.9. The molecule has 2 spiro atoms. The molecule has 2 aromatic carbocycles. The van der Waals surface area contributed by atoms with Crippen LogP contribution in [0.25, 0.3) is 0 Å². The van der Waals surface area contributed by atoms with Gasteiger partial charge in [0.05, 0.1) is 6.04 Å². The smallest absolute Gasteiger partial charge is 0.324 e. The van der Waals surface area contributed by atoms with Crippen LogP contribution in [-0.2, 0) is 14.3 Å². The maximum atomic E-state index is 16.5. The number of hydrogen-bond donors (Lipinski definition) is 1. The second-order valence-corrected chi connectivity index (χ2v) is 14.9. The molecular formula is C39H38Cl2FN3O3. The van der Waals surface area contributed by atoms with E-state index >= 15 is 9.18 Å². The van der Waals surface area contributed by atoms with Gasteiger partial charge in [0.2, 0.25) is 5.91 Å². The van der Waals surface area contributed by atoms with E-state index in [0.29, 0.717) is 29.1 Å². The van der Waals surface area contributed by atoms with Crippen molar-refractivity contribution in [2.24, 2.45) is 10.8 Å². The van der Waals surface area contributed by atoms with Gasteiger partial charge < -0.3 is 10.1 Å². The Hall–Kier alpha value is -3.78. The first kappa shape index (κ1) is 32.8. The van der Waals surface area contributed by atoms with Gasteiger partial charge in [0.1, 0.15) is 17.6 Å². The average molecular weight is 687 g/mol. The number of benzene rings is 2. The molecule has 1 saturated carbocycles. The van der Waals surface area contributed by atoms with E-state index in [9.17, 15) is 4.79 Å². The Labute approximate surface area is 290 Å². The zero-order valence-corrected chi connectivity index (χ0v) is 28.7. The number of hydrogen-bond acceptors (Lipinski definition) is 5. The molecule has 48 heavy (non-hydrogen) atoms. The van der Waals surface area contributed by atoms with E-state index in [1.54, 1.807) is 19.1 Å². The molecule has 0 unspecified atom stereocenters. The average Bonchev–Trinajstić information content (AvgIpc) is 3.49. The fourth-order valence-electron chi connectivity index (χ4n) is 9.01. The summed E-state index contributed by atoms with van der Waals surface area (Å²) in [4.78, 5) is 36.1. The summed E-state index contributed by atoms with van der Waals surface area (Å²) >= 11 is 12.9. The number of cyclic esters (lactones) is 1. The summed E-state index contributed by atoms with van der Waals surface area (Å²) in [7, 11) is 0. The normalized spacial score (nSPS) is 30.5. The minimum absolute atomic E-state index is 0.0219. The van der Waals surface area contributed by atoms with Crippen LogP contribution in [0.15, 0.2) is 108 Å². The van der Waals surface area contributed by atoms with E-state index in [2.05, 4.69) is 35.6 Å². The third-order valence-corrected chi connectivity index (χ3v) is 11.8. The molecule has 5 atom stereocenters.